The predicted octanol–water partition coefficient (Wildman–Crippen LogP) is 11.1. The van der Waals surface area contributed by atoms with Crippen LogP contribution in [-0.2, 0) is 20.7 Å². The summed E-state index contributed by atoms with van der Waals surface area (Å²) in [6, 6.07) is 14.8. The van der Waals surface area contributed by atoms with Crippen LogP contribution in [-0.4, -0.2) is 62.8 Å². The molecule has 1 saturated heterocycles. The second-order valence-electron chi connectivity index (χ2n) is 14.2. The lowest BCUT2D eigenvalue weighted by Gasteiger charge is -2.36. The fourth-order valence-electron chi connectivity index (χ4n) is 6.89. The number of hydrogen-bond donors (Lipinski definition) is 0. The third-order valence-electron chi connectivity index (χ3n) is 10.0. The maximum Gasteiger partial charge on any atom is 0.307 e. The van der Waals surface area contributed by atoms with Crippen LogP contribution in [0.2, 0.25) is 0 Å². The summed E-state index contributed by atoms with van der Waals surface area (Å²) in [5.41, 5.74) is 3.21. The molecule has 2 aliphatic heterocycles. The van der Waals surface area contributed by atoms with Gasteiger partial charge in [-0.1, -0.05) is 92.0 Å². The first-order valence-corrected chi connectivity index (χ1v) is 21.6. The molecule has 298 valence electrons. The van der Waals surface area contributed by atoms with Crippen LogP contribution in [0.15, 0.2) is 121 Å². The zero-order chi connectivity index (χ0) is 39.0. The third-order valence-corrected chi connectivity index (χ3v) is 10.9. The third kappa shape index (κ3) is 14.4. The van der Waals surface area contributed by atoms with E-state index in [1.54, 1.807) is 4.90 Å². The number of anilines is 2. The minimum atomic E-state index is -0.307. The van der Waals surface area contributed by atoms with Crippen LogP contribution in [0, 0.1) is 0 Å². The van der Waals surface area contributed by atoms with Gasteiger partial charge in [0.05, 0.1) is 12.3 Å². The standard InChI is InChI=1S/C48H61N3O4S/c1-2-3-4-5-6-7-8-9-10-11-12-13-14-15-16-17-18-19-20-26-48(53)55-40-51-45-39-42(29-27-41(45)28-30-47(51)52)54-37-22-21-32-49-33-35-50(36-34-49)44-24-23-25-46-43(44)31-38-56-46/h3-4,6-7,9-10,12-13,15-16,18-19,23-25,27,29,31,38-39H,2,5,8,11,14,17,20-22,26,28,30,32-37,40H2,1H3. The normalized spacial score (nSPS) is 15.6. The number of esters is 1. The average molecular weight is 776 g/mol. The van der Waals surface area contributed by atoms with E-state index in [1.165, 1.54) is 15.8 Å². The van der Waals surface area contributed by atoms with Crippen molar-refractivity contribution in [3.8, 4) is 5.75 Å². The maximum atomic E-state index is 12.9. The highest BCUT2D eigenvalue weighted by atomic mass is 32.1. The number of unbranched alkanes of at least 4 members (excludes halogenated alkanes) is 1. The van der Waals surface area contributed by atoms with Crippen LogP contribution in [0.25, 0.3) is 10.1 Å². The van der Waals surface area contributed by atoms with E-state index in [-0.39, 0.29) is 25.0 Å². The molecule has 0 saturated carbocycles. The van der Waals surface area contributed by atoms with Crippen molar-refractivity contribution in [1.29, 1.82) is 0 Å². The van der Waals surface area contributed by atoms with Gasteiger partial charge in [-0.3, -0.25) is 19.4 Å². The topological polar surface area (TPSA) is 62.3 Å². The Labute approximate surface area is 339 Å². The molecule has 1 amide bonds. The molecule has 0 radical (unpaired) electrons. The quantitative estimate of drug-likeness (QED) is 0.0543. The Bertz CT molecular complexity index is 1830. The Morgan fingerprint density at radius 1 is 0.750 bits per heavy atom. The van der Waals surface area contributed by atoms with Crippen molar-refractivity contribution >= 4 is 44.7 Å². The smallest absolute Gasteiger partial charge is 0.307 e. The molecule has 0 unspecified atom stereocenters. The van der Waals surface area contributed by atoms with E-state index in [1.807, 2.05) is 35.6 Å². The molecule has 0 bridgehead atoms. The van der Waals surface area contributed by atoms with Gasteiger partial charge in [0.25, 0.3) is 0 Å². The first kappa shape index (κ1) is 42.5. The molecule has 0 aliphatic carbocycles. The number of benzene rings is 2. The van der Waals surface area contributed by atoms with Crippen molar-refractivity contribution < 1.29 is 19.1 Å². The highest BCUT2D eigenvalue weighted by molar-refractivity contribution is 7.17. The van der Waals surface area contributed by atoms with Crippen molar-refractivity contribution in [2.75, 3.05) is 55.9 Å². The number of rotatable bonds is 23. The molecular weight excluding hydrogens is 715 g/mol. The van der Waals surface area contributed by atoms with E-state index in [4.69, 9.17) is 9.47 Å². The van der Waals surface area contributed by atoms with E-state index >= 15 is 0 Å². The molecule has 56 heavy (non-hydrogen) atoms. The number of thiophene rings is 1. The predicted molar refractivity (Wildman–Crippen MR) is 236 cm³/mol. The number of nitrogens with zero attached hydrogens (tertiary/aromatic N) is 3. The molecule has 3 aromatic rings. The molecule has 7 nitrogen and oxygen atoms in total. The molecule has 2 aliphatic rings. The zero-order valence-corrected chi connectivity index (χ0v) is 34.2. The molecule has 5 rings (SSSR count). The fraction of sp³-hybridized carbons (Fsp3) is 0.417. The molecule has 8 heteroatoms. The van der Waals surface area contributed by atoms with Gasteiger partial charge in [0.2, 0.25) is 5.91 Å². The number of fused-ring (bicyclic) bond motifs is 2. The van der Waals surface area contributed by atoms with E-state index < -0.39 is 0 Å². The second-order valence-corrected chi connectivity index (χ2v) is 15.2. The van der Waals surface area contributed by atoms with Gasteiger partial charge in [0.1, 0.15) is 5.75 Å². The summed E-state index contributed by atoms with van der Waals surface area (Å²) in [6.45, 7) is 8.01. The van der Waals surface area contributed by atoms with Gasteiger partial charge < -0.3 is 14.4 Å². The number of hydrogen-bond acceptors (Lipinski definition) is 7. The lowest BCUT2D eigenvalue weighted by molar-refractivity contribution is -0.144. The molecule has 1 aromatic heterocycles. The number of aryl methyl sites for hydroxylation is 1. The van der Waals surface area contributed by atoms with Crippen LogP contribution in [0.1, 0.15) is 83.1 Å². The monoisotopic (exact) mass is 775 g/mol. The Morgan fingerprint density at radius 2 is 1.43 bits per heavy atom. The van der Waals surface area contributed by atoms with Gasteiger partial charge in [-0.15, -0.1) is 11.3 Å². The minimum absolute atomic E-state index is 0.0356. The summed E-state index contributed by atoms with van der Waals surface area (Å²) >= 11 is 1.81. The number of allylic oxidation sites excluding steroid dienone is 12. The zero-order valence-electron chi connectivity index (χ0n) is 33.4. The van der Waals surface area contributed by atoms with E-state index in [0.29, 0.717) is 25.9 Å². The molecule has 1 fully saturated rings. The Balaban J connectivity index is 0.917. The molecule has 0 atom stereocenters. The molecule has 0 spiro atoms. The number of amides is 1. The lowest BCUT2D eigenvalue weighted by Crippen LogP contribution is -2.46. The SMILES string of the molecule is CCC=CCC=CCC=CCC=CCC=CCC=CCCC(=O)OCN1C(=O)CCc2ccc(OCCCCN3CCN(c4cccc5sccc45)CC3)cc21. The Kier molecular flexibility index (Phi) is 18.8. The van der Waals surface area contributed by atoms with E-state index in [0.717, 1.165) is 101 Å². The summed E-state index contributed by atoms with van der Waals surface area (Å²) in [7, 11) is 0. The van der Waals surface area contributed by atoms with Gasteiger partial charge >= 0.3 is 5.97 Å². The van der Waals surface area contributed by atoms with Gasteiger partial charge in [0.15, 0.2) is 6.73 Å². The van der Waals surface area contributed by atoms with E-state index in [9.17, 15) is 9.59 Å². The van der Waals surface area contributed by atoms with Gasteiger partial charge in [-0.25, -0.2) is 0 Å². The van der Waals surface area contributed by atoms with Crippen LogP contribution < -0.4 is 14.5 Å². The summed E-state index contributed by atoms with van der Waals surface area (Å²) in [4.78, 5) is 32.1. The summed E-state index contributed by atoms with van der Waals surface area (Å²) in [5.74, 6) is 0.397. The second kappa shape index (κ2) is 24.8. The van der Waals surface area contributed by atoms with Crippen LogP contribution in [0.3, 0.4) is 0 Å². The van der Waals surface area contributed by atoms with E-state index in [2.05, 4.69) is 113 Å². The highest BCUT2D eigenvalue weighted by Gasteiger charge is 2.26. The highest BCUT2D eigenvalue weighted by Crippen LogP contribution is 2.33. The van der Waals surface area contributed by atoms with Crippen molar-refractivity contribution in [3.05, 3.63) is 126 Å². The first-order valence-electron chi connectivity index (χ1n) is 20.7. The van der Waals surface area contributed by atoms with Gasteiger partial charge in [-0.2, -0.15) is 0 Å². The molecule has 0 N–H and O–H groups in total. The number of carbonyl (C=O) groups is 2. The Morgan fingerprint density at radius 3 is 2.12 bits per heavy atom. The number of carbonyl (C=O) groups excluding carboxylic acids is 2. The fourth-order valence-corrected chi connectivity index (χ4v) is 7.70. The van der Waals surface area contributed by atoms with Gasteiger partial charge in [0, 0.05) is 60.9 Å². The number of piperazine rings is 1. The molecule has 2 aromatic carbocycles. The van der Waals surface area contributed by atoms with Crippen LogP contribution in [0.5, 0.6) is 5.75 Å². The van der Waals surface area contributed by atoms with Crippen molar-refractivity contribution in [2.45, 2.75) is 84.0 Å². The summed E-state index contributed by atoms with van der Waals surface area (Å²) < 4.78 is 13.0. The average Bonchev–Trinajstić information content (AvgIpc) is 3.71. The molecular formula is C48H61N3O4S. The Hall–Kier alpha value is -4.66. The van der Waals surface area contributed by atoms with Crippen molar-refractivity contribution in [1.82, 2.24) is 4.90 Å². The minimum Gasteiger partial charge on any atom is -0.494 e. The first-order chi connectivity index (χ1) is 27.6. The van der Waals surface area contributed by atoms with Crippen molar-refractivity contribution in [2.24, 2.45) is 0 Å². The van der Waals surface area contributed by atoms with Gasteiger partial charge in [-0.05, 0) is 106 Å². The summed E-state index contributed by atoms with van der Waals surface area (Å²) in [6.07, 6.45) is 35.8. The lowest BCUT2D eigenvalue weighted by atomic mass is 10.0. The largest absolute Gasteiger partial charge is 0.494 e. The van der Waals surface area contributed by atoms with Crippen LogP contribution in [0.4, 0.5) is 11.4 Å². The molecule has 3 heterocycles. The maximum absolute atomic E-state index is 12.9. The summed E-state index contributed by atoms with van der Waals surface area (Å²) in [5, 5.41) is 3.55. The number of ether oxygens (including phenoxy) is 2. The van der Waals surface area contributed by atoms with Crippen molar-refractivity contribution in [3.63, 3.8) is 0 Å². The van der Waals surface area contributed by atoms with Crippen LogP contribution >= 0.6 is 11.3 Å².